The van der Waals surface area contributed by atoms with Gasteiger partial charge in [-0.2, -0.15) is 0 Å². The molecule has 0 aliphatic carbocycles. The van der Waals surface area contributed by atoms with Crippen molar-refractivity contribution < 1.29 is 9.53 Å². The molecule has 0 aliphatic rings. The van der Waals surface area contributed by atoms with Crippen molar-refractivity contribution in [2.75, 3.05) is 6.61 Å². The highest BCUT2D eigenvalue weighted by molar-refractivity contribution is 5.69. The molecule has 2 heteroatoms. The molecule has 0 saturated carbocycles. The molecular formula is C38H74O2. The number of carbonyl (C=O) groups is 1. The fourth-order valence-corrected chi connectivity index (χ4v) is 5.71. The Morgan fingerprint density at radius 1 is 0.475 bits per heavy atom. The van der Waals surface area contributed by atoms with Crippen LogP contribution < -0.4 is 0 Å². The first-order chi connectivity index (χ1) is 19.7. The fourth-order valence-electron chi connectivity index (χ4n) is 5.71. The van der Waals surface area contributed by atoms with Crippen LogP contribution >= 0.6 is 0 Å². The van der Waals surface area contributed by atoms with Gasteiger partial charge in [-0.05, 0) is 50.9 Å². The summed E-state index contributed by atoms with van der Waals surface area (Å²) in [5.74, 6) is 0.617. The summed E-state index contributed by atoms with van der Waals surface area (Å²) in [5.41, 5.74) is 0. The van der Waals surface area contributed by atoms with Crippen molar-refractivity contribution in [2.45, 2.75) is 213 Å². The molecule has 0 amide bonds. The van der Waals surface area contributed by atoms with E-state index in [0.717, 1.165) is 12.8 Å². The van der Waals surface area contributed by atoms with Crippen molar-refractivity contribution in [1.82, 2.24) is 0 Å². The lowest BCUT2D eigenvalue weighted by Crippen LogP contribution is -2.14. The van der Waals surface area contributed by atoms with Gasteiger partial charge in [-0.25, -0.2) is 0 Å². The maximum atomic E-state index is 12.4. The van der Waals surface area contributed by atoms with Crippen molar-refractivity contribution in [3.05, 3.63) is 12.2 Å². The standard InChI is InChI=1S/C38H74O2/c1-4-7-10-13-16-18-19-20-21-22-23-24-26-29-32-35-38(39)40-36-37(33-30-27-15-12-9-6-3)34-31-28-25-17-14-11-8-5-2/h20-21,37H,4-19,22-36H2,1-3H3/b21-20+. The van der Waals surface area contributed by atoms with Gasteiger partial charge in [-0.15, -0.1) is 0 Å². The minimum absolute atomic E-state index is 0.0431. The molecule has 0 aromatic heterocycles. The smallest absolute Gasteiger partial charge is 0.305 e. The number of esters is 1. The van der Waals surface area contributed by atoms with Crippen LogP contribution in [0.15, 0.2) is 12.2 Å². The predicted molar refractivity (Wildman–Crippen MR) is 179 cm³/mol. The van der Waals surface area contributed by atoms with Crippen molar-refractivity contribution >= 4 is 5.97 Å². The molecule has 0 fully saturated rings. The van der Waals surface area contributed by atoms with Crippen LogP contribution in [-0.2, 0) is 9.53 Å². The maximum absolute atomic E-state index is 12.4. The molecule has 0 saturated heterocycles. The molecule has 0 heterocycles. The lowest BCUT2D eigenvalue weighted by atomic mass is 9.94. The number of unbranched alkanes of at least 4 members (excludes halogenated alkanes) is 23. The zero-order chi connectivity index (χ0) is 29.2. The van der Waals surface area contributed by atoms with E-state index >= 15 is 0 Å². The minimum Gasteiger partial charge on any atom is -0.465 e. The molecule has 40 heavy (non-hydrogen) atoms. The summed E-state index contributed by atoms with van der Waals surface area (Å²) in [6, 6.07) is 0. The first-order valence-corrected chi connectivity index (χ1v) is 18.5. The van der Waals surface area contributed by atoms with Gasteiger partial charge in [0.25, 0.3) is 0 Å². The zero-order valence-corrected chi connectivity index (χ0v) is 28.0. The molecule has 0 radical (unpaired) electrons. The van der Waals surface area contributed by atoms with E-state index in [4.69, 9.17) is 4.74 Å². The average molecular weight is 563 g/mol. The van der Waals surface area contributed by atoms with Crippen LogP contribution in [0.1, 0.15) is 213 Å². The lowest BCUT2D eigenvalue weighted by molar-refractivity contribution is -0.145. The van der Waals surface area contributed by atoms with Gasteiger partial charge < -0.3 is 4.74 Å². The van der Waals surface area contributed by atoms with Crippen LogP contribution in [-0.4, -0.2) is 12.6 Å². The average Bonchev–Trinajstić information content (AvgIpc) is 2.96. The van der Waals surface area contributed by atoms with Gasteiger partial charge in [0.1, 0.15) is 0 Å². The van der Waals surface area contributed by atoms with Crippen molar-refractivity contribution in [2.24, 2.45) is 5.92 Å². The summed E-state index contributed by atoms with van der Waals surface area (Å²) in [5, 5.41) is 0. The van der Waals surface area contributed by atoms with Gasteiger partial charge in [0.05, 0.1) is 6.61 Å². The molecule has 0 bridgehead atoms. The quantitative estimate of drug-likeness (QED) is 0.0451. The van der Waals surface area contributed by atoms with Gasteiger partial charge in [0, 0.05) is 6.42 Å². The van der Waals surface area contributed by atoms with Crippen LogP contribution in [0.2, 0.25) is 0 Å². The summed E-state index contributed by atoms with van der Waals surface area (Å²) < 4.78 is 5.79. The SMILES string of the molecule is CCCCCCCC/C=C/CCCCCCCC(=O)OCC(CCCCCCCC)CCCCCCCCCC. The first-order valence-electron chi connectivity index (χ1n) is 18.5. The molecule has 1 unspecified atom stereocenters. The molecule has 1 atom stereocenters. The topological polar surface area (TPSA) is 26.3 Å². The highest BCUT2D eigenvalue weighted by atomic mass is 16.5. The second-order valence-corrected chi connectivity index (χ2v) is 12.7. The third-order valence-electron chi connectivity index (χ3n) is 8.55. The number of allylic oxidation sites excluding steroid dienone is 2. The Morgan fingerprint density at radius 3 is 1.25 bits per heavy atom. The second-order valence-electron chi connectivity index (χ2n) is 12.7. The van der Waals surface area contributed by atoms with E-state index in [1.54, 1.807) is 0 Å². The summed E-state index contributed by atoms with van der Waals surface area (Å²) in [6.07, 6.45) is 43.7. The number of hydrogen-bond donors (Lipinski definition) is 0. The van der Waals surface area contributed by atoms with Crippen LogP contribution in [0.4, 0.5) is 0 Å². The van der Waals surface area contributed by atoms with Crippen molar-refractivity contribution in [1.29, 1.82) is 0 Å². The summed E-state index contributed by atoms with van der Waals surface area (Å²) in [4.78, 5) is 12.4. The predicted octanol–water partition coefficient (Wildman–Crippen LogP) is 13.5. The fraction of sp³-hybridized carbons (Fsp3) is 0.921. The van der Waals surface area contributed by atoms with E-state index in [0.29, 0.717) is 18.9 Å². The molecule has 0 aromatic rings. The zero-order valence-electron chi connectivity index (χ0n) is 28.0. The number of carbonyl (C=O) groups excluding carboxylic acids is 1. The Bertz CT molecular complexity index is 512. The van der Waals surface area contributed by atoms with E-state index < -0.39 is 0 Å². The van der Waals surface area contributed by atoms with Gasteiger partial charge in [-0.3, -0.25) is 4.79 Å². The Labute approximate surface area is 253 Å². The van der Waals surface area contributed by atoms with E-state index in [1.165, 1.54) is 173 Å². The maximum Gasteiger partial charge on any atom is 0.305 e. The molecule has 0 aliphatic heterocycles. The highest BCUT2D eigenvalue weighted by Gasteiger charge is 2.12. The van der Waals surface area contributed by atoms with Crippen molar-refractivity contribution in [3.8, 4) is 0 Å². The van der Waals surface area contributed by atoms with Gasteiger partial charge in [0.15, 0.2) is 0 Å². The van der Waals surface area contributed by atoms with E-state index in [-0.39, 0.29) is 5.97 Å². The van der Waals surface area contributed by atoms with E-state index in [2.05, 4.69) is 32.9 Å². The van der Waals surface area contributed by atoms with Gasteiger partial charge in [0.2, 0.25) is 0 Å². The third kappa shape index (κ3) is 31.7. The molecular weight excluding hydrogens is 488 g/mol. The molecule has 2 nitrogen and oxygen atoms in total. The molecule has 0 N–H and O–H groups in total. The number of rotatable bonds is 33. The van der Waals surface area contributed by atoms with Crippen LogP contribution in [0.3, 0.4) is 0 Å². The van der Waals surface area contributed by atoms with Crippen LogP contribution in [0.5, 0.6) is 0 Å². The van der Waals surface area contributed by atoms with Gasteiger partial charge in [-0.1, -0.05) is 174 Å². The monoisotopic (exact) mass is 563 g/mol. The number of ether oxygens (including phenoxy) is 1. The minimum atomic E-state index is 0.0431. The highest BCUT2D eigenvalue weighted by Crippen LogP contribution is 2.20. The summed E-state index contributed by atoms with van der Waals surface area (Å²) >= 11 is 0. The summed E-state index contributed by atoms with van der Waals surface area (Å²) in [6.45, 7) is 7.51. The van der Waals surface area contributed by atoms with E-state index in [9.17, 15) is 4.79 Å². The Balaban J connectivity index is 3.86. The Kier molecular flexibility index (Phi) is 33.7. The Morgan fingerprint density at radius 2 is 0.825 bits per heavy atom. The van der Waals surface area contributed by atoms with E-state index in [1.807, 2.05) is 0 Å². The first kappa shape index (κ1) is 39.2. The van der Waals surface area contributed by atoms with Crippen LogP contribution in [0, 0.1) is 5.92 Å². The molecule has 0 spiro atoms. The lowest BCUT2D eigenvalue weighted by Gasteiger charge is -2.17. The summed E-state index contributed by atoms with van der Waals surface area (Å²) in [7, 11) is 0. The largest absolute Gasteiger partial charge is 0.465 e. The van der Waals surface area contributed by atoms with Gasteiger partial charge >= 0.3 is 5.97 Å². The Hall–Kier alpha value is -0.790. The molecule has 0 rings (SSSR count). The van der Waals surface area contributed by atoms with Crippen LogP contribution in [0.25, 0.3) is 0 Å². The second kappa shape index (κ2) is 34.4. The third-order valence-corrected chi connectivity index (χ3v) is 8.55. The molecule has 238 valence electrons. The van der Waals surface area contributed by atoms with Crippen molar-refractivity contribution in [3.63, 3.8) is 0 Å². The number of hydrogen-bond acceptors (Lipinski definition) is 2. The molecule has 0 aromatic carbocycles. The normalized spacial score (nSPS) is 12.4.